The van der Waals surface area contributed by atoms with Crippen LogP contribution in [-0.4, -0.2) is 44.9 Å². The molecule has 1 amide bonds. The van der Waals surface area contributed by atoms with E-state index in [4.69, 9.17) is 5.73 Å². The first kappa shape index (κ1) is 18.4. The van der Waals surface area contributed by atoms with Gasteiger partial charge in [0.05, 0.1) is 11.4 Å². The van der Waals surface area contributed by atoms with E-state index in [0.717, 1.165) is 48.3 Å². The summed E-state index contributed by atoms with van der Waals surface area (Å²) in [6, 6.07) is 18.4. The molecule has 0 saturated carbocycles. The Morgan fingerprint density at radius 3 is 2.50 bits per heavy atom. The minimum absolute atomic E-state index is 0.0696. The molecule has 0 radical (unpaired) electrons. The lowest BCUT2D eigenvalue weighted by atomic mass is 10.0. The van der Waals surface area contributed by atoms with Gasteiger partial charge in [-0.25, -0.2) is 4.68 Å². The van der Waals surface area contributed by atoms with Crippen LogP contribution in [-0.2, 0) is 0 Å². The Bertz CT molecular complexity index is 949. The summed E-state index contributed by atoms with van der Waals surface area (Å²) in [6.07, 6.45) is 3.08. The summed E-state index contributed by atoms with van der Waals surface area (Å²) in [5.74, 6) is -0.0696. The Morgan fingerprint density at radius 1 is 1.07 bits per heavy atom. The van der Waals surface area contributed by atoms with E-state index in [1.165, 1.54) is 0 Å². The van der Waals surface area contributed by atoms with Crippen LogP contribution < -0.4 is 5.73 Å². The Hall–Kier alpha value is -2.99. The Balaban J connectivity index is 1.59. The highest BCUT2D eigenvalue weighted by Gasteiger charge is 2.29. The maximum Gasteiger partial charge on any atom is 0.276 e. The van der Waals surface area contributed by atoms with Crippen LogP contribution in [0, 0.1) is 6.92 Å². The summed E-state index contributed by atoms with van der Waals surface area (Å²) in [5, 5.41) is 8.44. The van der Waals surface area contributed by atoms with Gasteiger partial charge in [-0.05, 0) is 49.4 Å². The van der Waals surface area contributed by atoms with Crippen LogP contribution in [0.15, 0.2) is 54.6 Å². The third-order valence-electron chi connectivity index (χ3n) is 5.48. The molecule has 144 valence electrons. The minimum atomic E-state index is -0.0696. The fourth-order valence-corrected chi connectivity index (χ4v) is 3.85. The van der Waals surface area contributed by atoms with Gasteiger partial charge in [0.1, 0.15) is 0 Å². The molecule has 1 fully saturated rings. The molecule has 2 N–H and O–H groups in total. The molecular formula is C22H25N5O. The van der Waals surface area contributed by atoms with Gasteiger partial charge in [-0.3, -0.25) is 4.79 Å². The van der Waals surface area contributed by atoms with Crippen LogP contribution in [0.5, 0.6) is 0 Å². The number of hydrogen-bond donors (Lipinski definition) is 1. The number of nitrogens with two attached hydrogens (primary N) is 1. The molecule has 6 heteroatoms. The van der Waals surface area contributed by atoms with Gasteiger partial charge in [-0.2, -0.15) is 0 Å². The highest BCUT2D eigenvalue weighted by Crippen LogP contribution is 2.23. The average molecular weight is 375 g/mol. The molecule has 2 heterocycles. The maximum absolute atomic E-state index is 13.0. The summed E-state index contributed by atoms with van der Waals surface area (Å²) in [5.41, 5.74) is 10.2. The number of aromatic nitrogens is 3. The topological polar surface area (TPSA) is 77.0 Å². The summed E-state index contributed by atoms with van der Waals surface area (Å²) in [4.78, 5) is 14.9. The van der Waals surface area contributed by atoms with Gasteiger partial charge in [-0.1, -0.05) is 47.7 Å². The number of carbonyl (C=O) groups is 1. The molecule has 1 aliphatic heterocycles. The van der Waals surface area contributed by atoms with Gasteiger partial charge in [0, 0.05) is 19.1 Å². The van der Waals surface area contributed by atoms with Crippen LogP contribution >= 0.6 is 0 Å². The lowest BCUT2D eigenvalue weighted by molar-refractivity contribution is 0.0616. The maximum atomic E-state index is 13.0. The third-order valence-corrected chi connectivity index (χ3v) is 5.48. The van der Waals surface area contributed by atoms with Gasteiger partial charge in [0.25, 0.3) is 5.91 Å². The van der Waals surface area contributed by atoms with Gasteiger partial charge >= 0.3 is 0 Å². The molecular weight excluding hydrogens is 350 g/mol. The van der Waals surface area contributed by atoms with E-state index in [0.29, 0.717) is 12.2 Å². The van der Waals surface area contributed by atoms with E-state index in [1.807, 2.05) is 42.2 Å². The molecule has 1 saturated heterocycles. The highest BCUT2D eigenvalue weighted by atomic mass is 16.2. The largest absolute Gasteiger partial charge is 0.333 e. The fourth-order valence-electron chi connectivity index (χ4n) is 3.85. The minimum Gasteiger partial charge on any atom is -0.333 e. The highest BCUT2D eigenvalue weighted by molar-refractivity contribution is 5.93. The molecule has 1 atom stereocenters. The van der Waals surface area contributed by atoms with Crippen molar-refractivity contribution in [3.63, 3.8) is 0 Å². The molecule has 0 aliphatic carbocycles. The van der Waals surface area contributed by atoms with Crippen LogP contribution in [0.2, 0.25) is 0 Å². The molecule has 3 aromatic rings. The van der Waals surface area contributed by atoms with Crippen LogP contribution in [0.1, 0.15) is 35.4 Å². The molecule has 6 nitrogen and oxygen atoms in total. The Labute approximate surface area is 165 Å². The predicted molar refractivity (Wildman–Crippen MR) is 109 cm³/mol. The Morgan fingerprint density at radius 2 is 1.79 bits per heavy atom. The number of rotatable bonds is 4. The predicted octanol–water partition coefficient (Wildman–Crippen LogP) is 3.20. The summed E-state index contributed by atoms with van der Waals surface area (Å²) in [6.45, 7) is 3.11. The van der Waals surface area contributed by atoms with Crippen LogP contribution in [0.3, 0.4) is 0 Å². The van der Waals surface area contributed by atoms with Gasteiger partial charge in [0.15, 0.2) is 5.69 Å². The number of benzene rings is 2. The lowest BCUT2D eigenvalue weighted by Crippen LogP contribution is -2.47. The second kappa shape index (κ2) is 7.94. The van der Waals surface area contributed by atoms with E-state index < -0.39 is 0 Å². The quantitative estimate of drug-likeness (QED) is 0.760. The second-order valence-electron chi connectivity index (χ2n) is 7.23. The molecule has 1 unspecified atom stereocenters. The molecule has 4 rings (SSSR count). The number of piperidine rings is 1. The van der Waals surface area contributed by atoms with Crippen molar-refractivity contribution < 1.29 is 4.79 Å². The first-order valence-corrected chi connectivity index (χ1v) is 9.78. The number of nitrogens with zero attached hydrogens (tertiary/aromatic N) is 4. The van der Waals surface area contributed by atoms with E-state index in [-0.39, 0.29) is 11.9 Å². The zero-order valence-corrected chi connectivity index (χ0v) is 16.1. The normalized spacial score (nSPS) is 16.9. The SMILES string of the molecule is Cc1c(C(=O)N2CCCCC2CN)nnn1-c1ccc(-c2ccccc2)cc1. The van der Waals surface area contributed by atoms with Gasteiger partial charge < -0.3 is 10.6 Å². The van der Waals surface area contributed by atoms with Crippen molar-refractivity contribution in [2.24, 2.45) is 5.73 Å². The fraction of sp³-hybridized carbons (Fsp3) is 0.318. The van der Waals surface area contributed by atoms with E-state index >= 15 is 0 Å². The zero-order chi connectivity index (χ0) is 19.5. The van der Waals surface area contributed by atoms with Crippen molar-refractivity contribution in [3.05, 3.63) is 66.0 Å². The molecule has 2 aromatic carbocycles. The first-order chi connectivity index (χ1) is 13.7. The average Bonchev–Trinajstić information content (AvgIpc) is 3.15. The third kappa shape index (κ3) is 3.43. The van der Waals surface area contributed by atoms with Crippen molar-refractivity contribution in [2.75, 3.05) is 13.1 Å². The van der Waals surface area contributed by atoms with Crippen molar-refractivity contribution in [1.29, 1.82) is 0 Å². The van der Waals surface area contributed by atoms with Crippen LogP contribution in [0.25, 0.3) is 16.8 Å². The number of likely N-dealkylation sites (tertiary alicyclic amines) is 1. The molecule has 1 aliphatic rings. The van der Waals surface area contributed by atoms with Gasteiger partial charge in [-0.15, -0.1) is 5.10 Å². The molecule has 0 spiro atoms. The Kier molecular flexibility index (Phi) is 5.21. The van der Waals surface area contributed by atoms with Crippen LogP contribution in [0.4, 0.5) is 0 Å². The zero-order valence-electron chi connectivity index (χ0n) is 16.1. The van der Waals surface area contributed by atoms with E-state index in [1.54, 1.807) is 4.68 Å². The first-order valence-electron chi connectivity index (χ1n) is 9.78. The van der Waals surface area contributed by atoms with Crippen molar-refractivity contribution in [3.8, 4) is 16.8 Å². The molecule has 0 bridgehead atoms. The van der Waals surface area contributed by atoms with E-state index in [9.17, 15) is 4.79 Å². The van der Waals surface area contributed by atoms with Crippen molar-refractivity contribution >= 4 is 5.91 Å². The summed E-state index contributed by atoms with van der Waals surface area (Å²) < 4.78 is 1.73. The number of amides is 1. The smallest absolute Gasteiger partial charge is 0.276 e. The molecule has 1 aromatic heterocycles. The molecule has 28 heavy (non-hydrogen) atoms. The summed E-state index contributed by atoms with van der Waals surface area (Å²) >= 11 is 0. The summed E-state index contributed by atoms with van der Waals surface area (Å²) in [7, 11) is 0. The van der Waals surface area contributed by atoms with Gasteiger partial charge in [0.2, 0.25) is 0 Å². The van der Waals surface area contributed by atoms with Crippen molar-refractivity contribution in [1.82, 2.24) is 19.9 Å². The van der Waals surface area contributed by atoms with Crippen molar-refractivity contribution in [2.45, 2.75) is 32.2 Å². The standard InChI is InChI=1S/C22H25N5O/c1-16-21(22(28)26-14-6-5-9-20(26)15-23)24-25-27(16)19-12-10-18(11-13-19)17-7-3-2-4-8-17/h2-4,7-8,10-13,20H,5-6,9,14-15,23H2,1H3. The van der Waals surface area contributed by atoms with E-state index in [2.05, 4.69) is 34.6 Å². The number of carbonyl (C=O) groups excluding carboxylic acids is 1. The monoisotopic (exact) mass is 375 g/mol. The lowest BCUT2D eigenvalue weighted by Gasteiger charge is -2.34. The second-order valence-corrected chi connectivity index (χ2v) is 7.23. The number of hydrogen-bond acceptors (Lipinski definition) is 4.